The third kappa shape index (κ3) is 8.72. The smallest absolute Gasteiger partial charge is 0.322 e. The molecule has 0 aromatic rings. The molecule has 3 nitrogen and oxygen atoms in total. The van der Waals surface area contributed by atoms with Crippen LogP contribution in [0.15, 0.2) is 0 Å². The number of carbonyl (C=O) groups is 1. The summed E-state index contributed by atoms with van der Waals surface area (Å²) in [7, 11) is 0. The van der Waals surface area contributed by atoms with Gasteiger partial charge in [0.05, 0.1) is 6.61 Å². The Labute approximate surface area is 99.9 Å². The third-order valence-electron chi connectivity index (χ3n) is 2.62. The molecule has 0 fully saturated rings. The van der Waals surface area contributed by atoms with Crippen molar-refractivity contribution in [2.45, 2.75) is 65.3 Å². The molecule has 3 heteroatoms. The van der Waals surface area contributed by atoms with Crippen LogP contribution in [0.2, 0.25) is 0 Å². The first-order valence-electron chi connectivity index (χ1n) is 6.62. The molecule has 0 spiro atoms. The zero-order valence-corrected chi connectivity index (χ0v) is 11.1. The molecule has 0 amide bonds. The Morgan fingerprint density at radius 3 is 2.38 bits per heavy atom. The van der Waals surface area contributed by atoms with E-state index in [2.05, 4.69) is 12.2 Å². The van der Waals surface area contributed by atoms with Crippen molar-refractivity contribution in [1.29, 1.82) is 0 Å². The van der Waals surface area contributed by atoms with E-state index in [1.807, 2.05) is 13.8 Å². The number of carbonyl (C=O) groups excluding carboxylic acids is 1. The number of unbranched alkanes of at least 4 members (excludes halogenated alkanes) is 5. The van der Waals surface area contributed by atoms with Gasteiger partial charge in [0.2, 0.25) is 0 Å². The molecule has 1 atom stereocenters. The number of esters is 1. The van der Waals surface area contributed by atoms with Crippen LogP contribution in [0.4, 0.5) is 0 Å². The molecule has 1 N–H and O–H groups in total. The van der Waals surface area contributed by atoms with E-state index in [-0.39, 0.29) is 12.0 Å². The molecule has 0 saturated heterocycles. The number of hydrogen-bond donors (Lipinski definition) is 1. The summed E-state index contributed by atoms with van der Waals surface area (Å²) in [5.74, 6) is -0.145. The second-order valence-corrected chi connectivity index (χ2v) is 4.20. The number of hydrogen-bond acceptors (Lipinski definition) is 3. The van der Waals surface area contributed by atoms with Crippen molar-refractivity contribution in [3.05, 3.63) is 0 Å². The minimum Gasteiger partial charge on any atom is -0.465 e. The molecule has 1 unspecified atom stereocenters. The monoisotopic (exact) mass is 229 g/mol. The second kappa shape index (κ2) is 10.9. The van der Waals surface area contributed by atoms with E-state index in [0.29, 0.717) is 6.61 Å². The molecule has 0 aliphatic heterocycles. The van der Waals surface area contributed by atoms with Gasteiger partial charge in [0.15, 0.2) is 0 Å². The maximum atomic E-state index is 11.3. The average molecular weight is 229 g/mol. The van der Waals surface area contributed by atoms with Crippen molar-refractivity contribution < 1.29 is 9.53 Å². The van der Waals surface area contributed by atoms with Crippen LogP contribution in [0.5, 0.6) is 0 Å². The highest BCUT2D eigenvalue weighted by Crippen LogP contribution is 2.04. The normalized spacial score (nSPS) is 12.4. The van der Waals surface area contributed by atoms with E-state index >= 15 is 0 Å². The van der Waals surface area contributed by atoms with Crippen LogP contribution in [-0.4, -0.2) is 25.2 Å². The SMILES string of the molecule is CCCCCCCCNC(C)C(=O)OCC. The summed E-state index contributed by atoms with van der Waals surface area (Å²) in [6.07, 6.45) is 7.67. The fourth-order valence-corrected chi connectivity index (χ4v) is 1.57. The van der Waals surface area contributed by atoms with Gasteiger partial charge in [-0.15, -0.1) is 0 Å². The Hall–Kier alpha value is -0.570. The molecule has 16 heavy (non-hydrogen) atoms. The van der Waals surface area contributed by atoms with Crippen molar-refractivity contribution in [2.75, 3.05) is 13.2 Å². The van der Waals surface area contributed by atoms with Crippen LogP contribution in [-0.2, 0) is 9.53 Å². The van der Waals surface area contributed by atoms with Crippen LogP contribution in [0.1, 0.15) is 59.3 Å². The third-order valence-corrected chi connectivity index (χ3v) is 2.62. The molecule has 0 saturated carbocycles. The van der Waals surface area contributed by atoms with Gasteiger partial charge < -0.3 is 10.1 Å². The molecule has 0 aliphatic rings. The van der Waals surface area contributed by atoms with Gasteiger partial charge in [-0.3, -0.25) is 4.79 Å². The lowest BCUT2D eigenvalue weighted by molar-refractivity contribution is -0.145. The van der Waals surface area contributed by atoms with Crippen molar-refractivity contribution in [2.24, 2.45) is 0 Å². The number of ether oxygens (including phenoxy) is 1. The predicted octanol–water partition coefficient (Wildman–Crippen LogP) is 2.89. The maximum absolute atomic E-state index is 11.3. The molecule has 0 aliphatic carbocycles. The number of nitrogens with one attached hydrogen (secondary N) is 1. The Balaban J connectivity index is 3.27. The van der Waals surface area contributed by atoms with Gasteiger partial charge in [-0.2, -0.15) is 0 Å². The van der Waals surface area contributed by atoms with Crippen LogP contribution >= 0.6 is 0 Å². The summed E-state index contributed by atoms with van der Waals surface area (Å²) >= 11 is 0. The molecule has 0 rings (SSSR count). The molecular weight excluding hydrogens is 202 g/mol. The highest BCUT2D eigenvalue weighted by atomic mass is 16.5. The first-order valence-corrected chi connectivity index (χ1v) is 6.62. The lowest BCUT2D eigenvalue weighted by atomic mass is 10.1. The quantitative estimate of drug-likeness (QED) is 0.462. The van der Waals surface area contributed by atoms with E-state index < -0.39 is 0 Å². The maximum Gasteiger partial charge on any atom is 0.322 e. The summed E-state index contributed by atoms with van der Waals surface area (Å²) in [5, 5.41) is 3.18. The van der Waals surface area contributed by atoms with Gasteiger partial charge in [0.25, 0.3) is 0 Å². The molecule has 0 bridgehead atoms. The standard InChI is InChI=1S/C13H27NO2/c1-4-6-7-8-9-10-11-14-12(3)13(15)16-5-2/h12,14H,4-11H2,1-3H3. The van der Waals surface area contributed by atoms with Crippen LogP contribution in [0, 0.1) is 0 Å². The van der Waals surface area contributed by atoms with E-state index in [1.54, 1.807) is 0 Å². The fraction of sp³-hybridized carbons (Fsp3) is 0.923. The van der Waals surface area contributed by atoms with E-state index in [9.17, 15) is 4.79 Å². The summed E-state index contributed by atoms with van der Waals surface area (Å²) in [6, 6.07) is -0.171. The molecule has 96 valence electrons. The molecule has 0 radical (unpaired) electrons. The van der Waals surface area contributed by atoms with Gasteiger partial charge in [-0.1, -0.05) is 39.0 Å². The summed E-state index contributed by atoms with van der Waals surface area (Å²) in [6.45, 7) is 7.28. The van der Waals surface area contributed by atoms with E-state index in [1.165, 1.54) is 32.1 Å². The zero-order chi connectivity index (χ0) is 12.2. The fourth-order valence-electron chi connectivity index (χ4n) is 1.57. The first-order chi connectivity index (χ1) is 7.72. The van der Waals surface area contributed by atoms with Crippen LogP contribution in [0.3, 0.4) is 0 Å². The molecule has 0 heterocycles. The summed E-state index contributed by atoms with van der Waals surface area (Å²) < 4.78 is 4.91. The first kappa shape index (κ1) is 15.4. The highest BCUT2D eigenvalue weighted by Gasteiger charge is 2.11. The lowest BCUT2D eigenvalue weighted by Gasteiger charge is -2.12. The average Bonchev–Trinajstić information content (AvgIpc) is 2.28. The van der Waals surface area contributed by atoms with Crippen molar-refractivity contribution in [3.63, 3.8) is 0 Å². The van der Waals surface area contributed by atoms with Gasteiger partial charge in [-0.05, 0) is 26.8 Å². The molecule has 0 aromatic carbocycles. The number of rotatable bonds is 10. The van der Waals surface area contributed by atoms with E-state index in [0.717, 1.165) is 13.0 Å². The Morgan fingerprint density at radius 2 is 1.75 bits per heavy atom. The van der Waals surface area contributed by atoms with Crippen LogP contribution < -0.4 is 5.32 Å². The summed E-state index contributed by atoms with van der Waals surface area (Å²) in [4.78, 5) is 11.3. The lowest BCUT2D eigenvalue weighted by Crippen LogP contribution is -2.35. The van der Waals surface area contributed by atoms with Gasteiger partial charge in [0.1, 0.15) is 6.04 Å². The minimum atomic E-state index is -0.171. The Kier molecular flexibility index (Phi) is 10.5. The van der Waals surface area contributed by atoms with E-state index in [4.69, 9.17) is 4.74 Å². The van der Waals surface area contributed by atoms with Gasteiger partial charge in [0, 0.05) is 0 Å². The molecular formula is C13H27NO2. The topological polar surface area (TPSA) is 38.3 Å². The van der Waals surface area contributed by atoms with Gasteiger partial charge >= 0.3 is 5.97 Å². The minimum absolute atomic E-state index is 0.145. The van der Waals surface area contributed by atoms with Gasteiger partial charge in [-0.25, -0.2) is 0 Å². The largest absolute Gasteiger partial charge is 0.465 e. The van der Waals surface area contributed by atoms with Crippen LogP contribution in [0.25, 0.3) is 0 Å². The van der Waals surface area contributed by atoms with Crippen molar-refractivity contribution in [1.82, 2.24) is 5.32 Å². The Morgan fingerprint density at radius 1 is 1.12 bits per heavy atom. The predicted molar refractivity (Wildman–Crippen MR) is 67.5 cm³/mol. The zero-order valence-electron chi connectivity index (χ0n) is 11.1. The second-order valence-electron chi connectivity index (χ2n) is 4.20. The Bertz CT molecular complexity index is 171. The summed E-state index contributed by atoms with van der Waals surface area (Å²) in [5.41, 5.74) is 0. The molecule has 0 aromatic heterocycles. The van der Waals surface area contributed by atoms with Crippen molar-refractivity contribution in [3.8, 4) is 0 Å². The van der Waals surface area contributed by atoms with Crippen molar-refractivity contribution >= 4 is 5.97 Å². The highest BCUT2D eigenvalue weighted by molar-refractivity contribution is 5.75.